The van der Waals surface area contributed by atoms with Crippen LogP contribution in [0.1, 0.15) is 47.0 Å². The van der Waals surface area contributed by atoms with Crippen molar-refractivity contribution in [3.63, 3.8) is 0 Å². The number of hydrogen-bond donors (Lipinski definition) is 1. The van der Waals surface area contributed by atoms with E-state index in [1.807, 2.05) is 0 Å². The summed E-state index contributed by atoms with van der Waals surface area (Å²) in [5.74, 6) is 0.858. The van der Waals surface area contributed by atoms with Crippen molar-refractivity contribution in [1.29, 1.82) is 0 Å². The maximum Gasteiger partial charge on any atom is 0.0675 e. The number of rotatable bonds is 7. The quantitative estimate of drug-likeness (QED) is 0.721. The van der Waals surface area contributed by atoms with Gasteiger partial charge in [0.05, 0.1) is 18.8 Å². The Labute approximate surface area is 118 Å². The molecule has 0 amide bonds. The maximum absolute atomic E-state index is 6.36. The first-order valence-electron chi connectivity index (χ1n) is 7.77. The third-order valence-corrected chi connectivity index (χ3v) is 6.03. The molecule has 3 heteroatoms. The molecule has 2 fully saturated rings. The van der Waals surface area contributed by atoms with Gasteiger partial charge >= 0.3 is 0 Å². The van der Waals surface area contributed by atoms with E-state index in [-0.39, 0.29) is 6.10 Å². The largest absolute Gasteiger partial charge is 0.383 e. The van der Waals surface area contributed by atoms with Gasteiger partial charge in [0.15, 0.2) is 0 Å². The van der Waals surface area contributed by atoms with Crippen LogP contribution in [0.25, 0.3) is 0 Å². The van der Waals surface area contributed by atoms with Gasteiger partial charge in [0.25, 0.3) is 0 Å². The average Bonchev–Trinajstić information content (AvgIpc) is 2.68. The molecule has 0 radical (unpaired) electrons. The van der Waals surface area contributed by atoms with Crippen molar-refractivity contribution in [2.24, 2.45) is 16.7 Å². The van der Waals surface area contributed by atoms with Gasteiger partial charge in [-0.15, -0.1) is 0 Å². The molecule has 2 saturated carbocycles. The number of nitrogens with one attached hydrogen (secondary N) is 1. The molecule has 4 unspecified atom stereocenters. The Morgan fingerprint density at radius 3 is 2.58 bits per heavy atom. The summed E-state index contributed by atoms with van der Waals surface area (Å²) in [6.45, 7) is 12.1. The summed E-state index contributed by atoms with van der Waals surface area (Å²) in [5.41, 5.74) is 0.819. The van der Waals surface area contributed by atoms with Crippen molar-refractivity contribution in [3.8, 4) is 0 Å². The van der Waals surface area contributed by atoms with E-state index < -0.39 is 0 Å². The second-order valence-electron chi connectivity index (χ2n) is 7.24. The lowest BCUT2D eigenvalue weighted by molar-refractivity contribution is -0.0792. The Bertz CT molecular complexity index is 305. The van der Waals surface area contributed by atoms with Crippen LogP contribution in [0.15, 0.2) is 0 Å². The van der Waals surface area contributed by atoms with Crippen LogP contribution in [0, 0.1) is 16.7 Å². The Kier molecular flexibility index (Phi) is 4.59. The van der Waals surface area contributed by atoms with E-state index >= 15 is 0 Å². The molecule has 1 N–H and O–H groups in total. The van der Waals surface area contributed by atoms with Crippen LogP contribution in [0.4, 0.5) is 0 Å². The van der Waals surface area contributed by atoms with Crippen molar-refractivity contribution < 1.29 is 9.47 Å². The molecule has 112 valence electrons. The third-order valence-electron chi connectivity index (χ3n) is 6.03. The Morgan fingerprint density at radius 2 is 2.05 bits per heavy atom. The van der Waals surface area contributed by atoms with Crippen molar-refractivity contribution in [2.45, 2.75) is 59.2 Å². The highest BCUT2D eigenvalue weighted by molar-refractivity contribution is 5.11. The number of methoxy groups -OCH3 is 1. The van der Waals surface area contributed by atoms with Gasteiger partial charge in [-0.05, 0) is 42.9 Å². The van der Waals surface area contributed by atoms with Gasteiger partial charge in [0.1, 0.15) is 0 Å². The van der Waals surface area contributed by atoms with Gasteiger partial charge in [0.2, 0.25) is 0 Å². The summed E-state index contributed by atoms with van der Waals surface area (Å²) >= 11 is 0. The van der Waals surface area contributed by atoms with Gasteiger partial charge in [-0.1, -0.05) is 20.8 Å². The van der Waals surface area contributed by atoms with Crippen molar-refractivity contribution in [2.75, 3.05) is 26.8 Å². The van der Waals surface area contributed by atoms with E-state index in [1.54, 1.807) is 7.11 Å². The lowest BCUT2D eigenvalue weighted by atomic mass is 9.70. The van der Waals surface area contributed by atoms with E-state index in [0.717, 1.165) is 25.6 Å². The molecule has 3 nitrogen and oxygen atoms in total. The van der Waals surface area contributed by atoms with E-state index in [4.69, 9.17) is 9.47 Å². The summed E-state index contributed by atoms with van der Waals surface area (Å²) in [4.78, 5) is 0. The van der Waals surface area contributed by atoms with E-state index in [2.05, 4.69) is 33.0 Å². The summed E-state index contributed by atoms with van der Waals surface area (Å²) in [7, 11) is 1.74. The number of ether oxygens (including phenoxy) is 2. The summed E-state index contributed by atoms with van der Waals surface area (Å²) < 4.78 is 11.4. The molecule has 0 saturated heterocycles. The lowest BCUT2D eigenvalue weighted by Gasteiger charge is -2.40. The highest BCUT2D eigenvalue weighted by Crippen LogP contribution is 2.66. The highest BCUT2D eigenvalue weighted by Gasteiger charge is 2.62. The van der Waals surface area contributed by atoms with Gasteiger partial charge in [-0.3, -0.25) is 0 Å². The minimum absolute atomic E-state index is 0.286. The molecular formula is C16H31NO2. The predicted octanol–water partition coefficient (Wildman–Crippen LogP) is 2.84. The molecule has 0 heterocycles. The van der Waals surface area contributed by atoms with Gasteiger partial charge in [0, 0.05) is 20.2 Å². The van der Waals surface area contributed by atoms with Crippen molar-refractivity contribution in [3.05, 3.63) is 0 Å². The molecule has 0 aromatic rings. The third kappa shape index (κ3) is 2.70. The second kappa shape index (κ2) is 5.71. The normalized spacial score (nSPS) is 37.7. The van der Waals surface area contributed by atoms with Crippen LogP contribution in [-0.4, -0.2) is 39.0 Å². The van der Waals surface area contributed by atoms with E-state index in [9.17, 15) is 0 Å². The van der Waals surface area contributed by atoms with E-state index in [0.29, 0.717) is 16.9 Å². The topological polar surface area (TPSA) is 30.5 Å². The molecule has 0 spiro atoms. The number of fused-ring (bicyclic) bond motifs is 2. The molecule has 19 heavy (non-hydrogen) atoms. The van der Waals surface area contributed by atoms with Gasteiger partial charge in [-0.25, -0.2) is 0 Å². The fraction of sp³-hybridized carbons (Fsp3) is 1.00. The van der Waals surface area contributed by atoms with Crippen LogP contribution >= 0.6 is 0 Å². The minimum atomic E-state index is 0.286. The second-order valence-corrected chi connectivity index (χ2v) is 7.24. The Hall–Kier alpha value is -0.120. The zero-order valence-electron chi connectivity index (χ0n) is 13.3. The minimum Gasteiger partial charge on any atom is -0.383 e. The van der Waals surface area contributed by atoms with Crippen LogP contribution in [0.2, 0.25) is 0 Å². The lowest BCUT2D eigenvalue weighted by Crippen LogP contribution is -2.41. The zero-order valence-corrected chi connectivity index (χ0v) is 13.3. The van der Waals surface area contributed by atoms with Crippen LogP contribution < -0.4 is 5.32 Å². The average molecular weight is 269 g/mol. The fourth-order valence-electron chi connectivity index (χ4n) is 4.14. The monoisotopic (exact) mass is 269 g/mol. The predicted molar refractivity (Wildman–Crippen MR) is 78.3 cm³/mol. The van der Waals surface area contributed by atoms with E-state index in [1.165, 1.54) is 19.3 Å². The molecule has 0 aliphatic heterocycles. The van der Waals surface area contributed by atoms with Crippen LogP contribution in [-0.2, 0) is 9.47 Å². The van der Waals surface area contributed by atoms with Crippen molar-refractivity contribution in [1.82, 2.24) is 5.32 Å². The summed E-state index contributed by atoms with van der Waals surface area (Å²) in [6, 6.07) is 0. The van der Waals surface area contributed by atoms with Gasteiger partial charge < -0.3 is 14.8 Å². The smallest absolute Gasteiger partial charge is 0.0675 e. The van der Waals surface area contributed by atoms with Crippen LogP contribution in [0.3, 0.4) is 0 Å². The van der Waals surface area contributed by atoms with Crippen molar-refractivity contribution >= 4 is 0 Å². The molecule has 2 aliphatic rings. The molecule has 2 aliphatic carbocycles. The first-order valence-corrected chi connectivity index (χ1v) is 7.77. The maximum atomic E-state index is 6.36. The summed E-state index contributed by atoms with van der Waals surface area (Å²) in [5, 5.41) is 3.39. The zero-order chi connectivity index (χ0) is 14.1. The number of hydrogen-bond acceptors (Lipinski definition) is 3. The molecule has 2 rings (SSSR count). The highest BCUT2D eigenvalue weighted by atomic mass is 16.5. The first kappa shape index (κ1) is 15.3. The molecule has 4 atom stereocenters. The Balaban J connectivity index is 1.81. The standard InChI is InChI=1S/C16H31NO2/c1-12(11-17-8-9-18-5)19-14-10-13-6-7-16(14,4)15(13,2)3/h12-14,17H,6-11H2,1-5H3. The summed E-state index contributed by atoms with van der Waals surface area (Å²) in [6.07, 6.45) is 4.71. The Morgan fingerprint density at radius 1 is 1.32 bits per heavy atom. The molecule has 2 bridgehead atoms. The van der Waals surface area contributed by atoms with Crippen LogP contribution in [0.5, 0.6) is 0 Å². The molecular weight excluding hydrogens is 238 g/mol. The van der Waals surface area contributed by atoms with Gasteiger partial charge in [-0.2, -0.15) is 0 Å². The fourth-order valence-corrected chi connectivity index (χ4v) is 4.14. The molecule has 0 aromatic heterocycles. The SMILES string of the molecule is COCCNCC(C)OC1CC2CCC1(C)C2(C)C. The molecule has 0 aromatic carbocycles. The first-order chi connectivity index (χ1) is 8.91.